The summed E-state index contributed by atoms with van der Waals surface area (Å²) in [7, 11) is 1.66. The molecule has 0 aromatic heterocycles. The second kappa shape index (κ2) is 4.64. The van der Waals surface area contributed by atoms with Gasteiger partial charge in [-0.3, -0.25) is 0 Å². The summed E-state index contributed by atoms with van der Waals surface area (Å²) >= 11 is 0. The number of nitrogens with zero attached hydrogens (tertiary/aromatic N) is 1. The Balaban J connectivity index is 2.54. The van der Waals surface area contributed by atoms with Crippen LogP contribution >= 0.6 is 0 Å². The highest BCUT2D eigenvalue weighted by molar-refractivity contribution is 5.77. The van der Waals surface area contributed by atoms with Crippen molar-refractivity contribution in [2.45, 2.75) is 6.92 Å². The number of aryl methyl sites for hydroxylation is 1. The van der Waals surface area contributed by atoms with Crippen molar-refractivity contribution in [2.24, 2.45) is 0 Å². The molecule has 0 aliphatic rings. The highest BCUT2D eigenvalue weighted by atomic mass is 19.1. The van der Waals surface area contributed by atoms with Crippen LogP contribution < -0.4 is 10.6 Å². The van der Waals surface area contributed by atoms with E-state index in [4.69, 9.17) is 5.73 Å². The highest BCUT2D eigenvalue weighted by Crippen LogP contribution is 2.33. The summed E-state index contributed by atoms with van der Waals surface area (Å²) in [6.07, 6.45) is 0. The topological polar surface area (TPSA) is 29.3 Å². The van der Waals surface area contributed by atoms with Crippen molar-refractivity contribution in [3.05, 3.63) is 53.6 Å². The lowest BCUT2D eigenvalue weighted by Crippen LogP contribution is -2.14. The molecule has 0 aliphatic heterocycles. The summed E-state index contributed by atoms with van der Waals surface area (Å²) in [5, 5.41) is 0. The van der Waals surface area contributed by atoms with E-state index in [-0.39, 0.29) is 5.69 Å². The summed E-state index contributed by atoms with van der Waals surface area (Å²) in [6.45, 7) is 1.87. The van der Waals surface area contributed by atoms with Crippen LogP contribution in [-0.4, -0.2) is 7.05 Å². The molecule has 0 bridgehead atoms. The molecule has 0 saturated heterocycles. The number of hydrogen-bond acceptors (Lipinski definition) is 2. The van der Waals surface area contributed by atoms with Crippen molar-refractivity contribution >= 4 is 17.1 Å². The zero-order valence-electron chi connectivity index (χ0n) is 10.2. The van der Waals surface area contributed by atoms with Crippen LogP contribution in [0.15, 0.2) is 36.4 Å². The van der Waals surface area contributed by atoms with Gasteiger partial charge < -0.3 is 10.6 Å². The molecule has 0 amide bonds. The first-order valence-electron chi connectivity index (χ1n) is 5.54. The van der Waals surface area contributed by atoms with Crippen LogP contribution in [0.4, 0.5) is 25.8 Å². The average Bonchev–Trinajstić information content (AvgIpc) is 2.32. The second-order valence-electron chi connectivity index (χ2n) is 4.17. The summed E-state index contributed by atoms with van der Waals surface area (Å²) < 4.78 is 26.9. The van der Waals surface area contributed by atoms with Gasteiger partial charge in [0.25, 0.3) is 0 Å². The zero-order valence-corrected chi connectivity index (χ0v) is 10.2. The summed E-state index contributed by atoms with van der Waals surface area (Å²) in [6, 6.07) is 8.78. The van der Waals surface area contributed by atoms with Crippen molar-refractivity contribution in [3.63, 3.8) is 0 Å². The Morgan fingerprint density at radius 2 is 1.83 bits per heavy atom. The van der Waals surface area contributed by atoms with E-state index in [1.807, 2.05) is 19.1 Å². The lowest BCUT2D eigenvalue weighted by Gasteiger charge is -2.23. The van der Waals surface area contributed by atoms with Crippen molar-refractivity contribution in [2.75, 3.05) is 17.7 Å². The monoisotopic (exact) mass is 248 g/mol. The van der Waals surface area contributed by atoms with Gasteiger partial charge in [0.05, 0.1) is 17.1 Å². The SMILES string of the molecule is Cc1cccc(N)c1N(C)c1cc(F)ccc1F. The summed E-state index contributed by atoms with van der Waals surface area (Å²) in [5.41, 5.74) is 8.17. The molecule has 0 heterocycles. The smallest absolute Gasteiger partial charge is 0.147 e. The largest absolute Gasteiger partial charge is 0.397 e. The molecule has 2 aromatic carbocycles. The van der Waals surface area contributed by atoms with E-state index in [0.29, 0.717) is 11.4 Å². The maximum absolute atomic E-state index is 13.7. The minimum Gasteiger partial charge on any atom is -0.397 e. The fraction of sp³-hybridized carbons (Fsp3) is 0.143. The molecule has 18 heavy (non-hydrogen) atoms. The number of anilines is 3. The van der Waals surface area contributed by atoms with Crippen LogP contribution in [0.2, 0.25) is 0 Å². The molecular weight excluding hydrogens is 234 g/mol. The van der Waals surface area contributed by atoms with Gasteiger partial charge in [-0.15, -0.1) is 0 Å². The van der Waals surface area contributed by atoms with Gasteiger partial charge >= 0.3 is 0 Å². The molecule has 0 spiro atoms. The third kappa shape index (κ3) is 2.14. The van der Waals surface area contributed by atoms with Crippen molar-refractivity contribution in [1.29, 1.82) is 0 Å². The third-order valence-corrected chi connectivity index (χ3v) is 2.87. The number of rotatable bonds is 2. The van der Waals surface area contributed by atoms with E-state index < -0.39 is 11.6 Å². The number of para-hydroxylation sites is 1. The molecule has 0 fully saturated rings. The quantitative estimate of drug-likeness (QED) is 0.822. The predicted octanol–water partition coefficient (Wildman–Crippen LogP) is 3.62. The van der Waals surface area contributed by atoms with Crippen molar-refractivity contribution < 1.29 is 8.78 Å². The molecule has 2 nitrogen and oxygen atoms in total. The first kappa shape index (κ1) is 12.4. The number of benzene rings is 2. The number of nitrogen functional groups attached to an aromatic ring is 1. The van der Waals surface area contributed by atoms with Gasteiger partial charge in [0, 0.05) is 13.1 Å². The maximum Gasteiger partial charge on any atom is 0.147 e. The van der Waals surface area contributed by atoms with Crippen LogP contribution in [0.1, 0.15) is 5.56 Å². The van der Waals surface area contributed by atoms with Gasteiger partial charge in [-0.1, -0.05) is 12.1 Å². The Kier molecular flexibility index (Phi) is 3.19. The first-order valence-corrected chi connectivity index (χ1v) is 5.54. The van der Waals surface area contributed by atoms with E-state index in [1.165, 1.54) is 0 Å². The molecule has 4 heteroatoms. The number of nitrogens with two attached hydrogens (primary N) is 1. The number of halogens is 2. The lowest BCUT2D eigenvalue weighted by molar-refractivity contribution is 0.600. The normalized spacial score (nSPS) is 10.4. The predicted molar refractivity (Wildman–Crippen MR) is 70.0 cm³/mol. The van der Waals surface area contributed by atoms with Crippen LogP contribution in [0.5, 0.6) is 0 Å². The molecule has 2 aromatic rings. The molecule has 0 atom stereocenters. The van der Waals surface area contributed by atoms with E-state index in [9.17, 15) is 8.78 Å². The van der Waals surface area contributed by atoms with Crippen LogP contribution in [-0.2, 0) is 0 Å². The van der Waals surface area contributed by atoms with Crippen LogP contribution in [0.25, 0.3) is 0 Å². The Morgan fingerprint density at radius 3 is 2.50 bits per heavy atom. The van der Waals surface area contributed by atoms with Crippen molar-refractivity contribution in [1.82, 2.24) is 0 Å². The van der Waals surface area contributed by atoms with Gasteiger partial charge in [0.2, 0.25) is 0 Å². The van der Waals surface area contributed by atoms with E-state index >= 15 is 0 Å². The fourth-order valence-corrected chi connectivity index (χ4v) is 2.00. The number of hydrogen-bond donors (Lipinski definition) is 1. The van der Waals surface area contributed by atoms with Crippen LogP contribution in [0.3, 0.4) is 0 Å². The third-order valence-electron chi connectivity index (χ3n) is 2.87. The minimum atomic E-state index is -0.485. The Labute approximate surface area is 105 Å². The van der Waals surface area contributed by atoms with Gasteiger partial charge in [-0.2, -0.15) is 0 Å². The molecule has 94 valence electrons. The molecule has 0 saturated carbocycles. The first-order chi connectivity index (χ1) is 8.50. The second-order valence-corrected chi connectivity index (χ2v) is 4.17. The fourth-order valence-electron chi connectivity index (χ4n) is 2.00. The summed E-state index contributed by atoms with van der Waals surface area (Å²) in [5.74, 6) is -0.966. The van der Waals surface area contributed by atoms with E-state index in [1.54, 1.807) is 18.0 Å². The lowest BCUT2D eigenvalue weighted by atomic mass is 10.1. The highest BCUT2D eigenvalue weighted by Gasteiger charge is 2.14. The minimum absolute atomic E-state index is 0.163. The van der Waals surface area contributed by atoms with Crippen LogP contribution in [0, 0.1) is 18.6 Å². The maximum atomic E-state index is 13.7. The van der Waals surface area contributed by atoms with E-state index in [2.05, 4.69) is 0 Å². The van der Waals surface area contributed by atoms with Crippen molar-refractivity contribution in [3.8, 4) is 0 Å². The Hall–Kier alpha value is -2.10. The Morgan fingerprint density at radius 1 is 1.11 bits per heavy atom. The molecule has 0 unspecified atom stereocenters. The molecule has 2 N–H and O–H groups in total. The molecular formula is C14H14F2N2. The average molecular weight is 248 g/mol. The standard InChI is InChI=1S/C14H14F2N2/c1-9-4-3-5-12(17)14(9)18(2)13-8-10(15)6-7-11(13)16/h3-8H,17H2,1-2H3. The van der Waals surface area contributed by atoms with Gasteiger partial charge in [0.15, 0.2) is 0 Å². The molecule has 2 rings (SSSR count). The zero-order chi connectivity index (χ0) is 13.3. The van der Waals surface area contributed by atoms with Gasteiger partial charge in [-0.25, -0.2) is 8.78 Å². The van der Waals surface area contributed by atoms with Gasteiger partial charge in [0.1, 0.15) is 11.6 Å². The van der Waals surface area contributed by atoms with Gasteiger partial charge in [-0.05, 0) is 30.7 Å². The van der Waals surface area contributed by atoms with E-state index in [0.717, 1.165) is 23.8 Å². The molecule has 0 radical (unpaired) electrons. The summed E-state index contributed by atoms with van der Waals surface area (Å²) in [4.78, 5) is 1.56. The molecule has 0 aliphatic carbocycles. The Bertz CT molecular complexity index is 562.